The van der Waals surface area contributed by atoms with Crippen LogP contribution in [0.3, 0.4) is 0 Å². The van der Waals surface area contributed by atoms with E-state index in [1.165, 1.54) is 16.3 Å². The third-order valence-corrected chi connectivity index (χ3v) is 5.48. The number of carbonyl (C=O) groups is 3. The molecule has 2 aliphatic heterocycles. The van der Waals surface area contributed by atoms with Gasteiger partial charge in [0, 0.05) is 19.5 Å². The van der Waals surface area contributed by atoms with Crippen molar-refractivity contribution in [1.29, 1.82) is 0 Å². The highest BCUT2D eigenvalue weighted by Gasteiger charge is 2.37. The Hall–Kier alpha value is -2.09. The minimum Gasteiger partial charge on any atom is -0.500 e. The summed E-state index contributed by atoms with van der Waals surface area (Å²) in [6.07, 6.45) is 8.16. The molecule has 0 spiro atoms. The second kappa shape index (κ2) is 8.53. The van der Waals surface area contributed by atoms with Gasteiger partial charge in [0.1, 0.15) is 0 Å². The van der Waals surface area contributed by atoms with Crippen molar-refractivity contribution in [1.82, 2.24) is 15.1 Å². The number of amides is 3. The predicted molar refractivity (Wildman–Crippen MR) is 91.3 cm³/mol. The quantitative estimate of drug-likeness (QED) is 0.417. The molecular weight excluding hydrogens is 338 g/mol. The molecule has 2 fully saturated rings. The van der Waals surface area contributed by atoms with Crippen LogP contribution < -0.4 is 0 Å². The summed E-state index contributed by atoms with van der Waals surface area (Å²) in [6, 6.07) is 0. The molecular formula is C18H27N3O5. The lowest BCUT2D eigenvalue weighted by atomic mass is 9.92. The topological polar surface area (TPSA) is 90.4 Å². The zero-order chi connectivity index (χ0) is 18.5. The van der Waals surface area contributed by atoms with Crippen LogP contribution in [-0.2, 0) is 19.1 Å². The average molecular weight is 365 g/mol. The van der Waals surface area contributed by atoms with Crippen LogP contribution >= 0.6 is 0 Å². The van der Waals surface area contributed by atoms with Crippen molar-refractivity contribution in [2.45, 2.75) is 44.9 Å². The van der Waals surface area contributed by atoms with Gasteiger partial charge in [-0.2, -0.15) is 0 Å². The zero-order valence-electron chi connectivity index (χ0n) is 15.0. The van der Waals surface area contributed by atoms with E-state index in [-0.39, 0.29) is 18.4 Å². The summed E-state index contributed by atoms with van der Waals surface area (Å²) in [5, 5.41) is 13.2. The van der Waals surface area contributed by atoms with Crippen molar-refractivity contribution < 1.29 is 24.3 Å². The molecule has 2 heterocycles. The second-order valence-corrected chi connectivity index (χ2v) is 7.32. The predicted octanol–water partition coefficient (Wildman–Crippen LogP) is 1.31. The lowest BCUT2D eigenvalue weighted by Crippen LogP contribution is -2.49. The first-order valence-corrected chi connectivity index (χ1v) is 9.44. The Balaban J connectivity index is 1.70. The first-order valence-electron chi connectivity index (χ1n) is 9.44. The van der Waals surface area contributed by atoms with Gasteiger partial charge < -0.3 is 4.74 Å². The smallest absolute Gasteiger partial charge is 0.271 e. The van der Waals surface area contributed by atoms with Gasteiger partial charge >= 0.3 is 0 Å². The number of ether oxygens (including phenoxy) is 1. The summed E-state index contributed by atoms with van der Waals surface area (Å²) in [4.78, 5) is 36.7. The molecule has 1 N–H and O–H groups in total. The number of hydrazine groups is 1. The van der Waals surface area contributed by atoms with Crippen molar-refractivity contribution >= 4 is 18.2 Å². The molecule has 8 nitrogen and oxygen atoms in total. The Kier molecular flexibility index (Phi) is 6.13. The third-order valence-electron chi connectivity index (χ3n) is 5.48. The molecule has 144 valence electrons. The lowest BCUT2D eigenvalue weighted by Gasteiger charge is -2.32. The Labute approximate surface area is 153 Å². The van der Waals surface area contributed by atoms with Gasteiger partial charge in [0.05, 0.1) is 30.9 Å². The molecule has 0 unspecified atom stereocenters. The molecule has 0 bridgehead atoms. The molecule has 1 aliphatic carbocycles. The van der Waals surface area contributed by atoms with Crippen molar-refractivity contribution in [3.8, 4) is 0 Å². The minimum absolute atomic E-state index is 0.0385. The first-order chi connectivity index (χ1) is 12.6. The van der Waals surface area contributed by atoms with Gasteiger partial charge in [0.2, 0.25) is 12.3 Å². The Morgan fingerprint density at radius 2 is 2.00 bits per heavy atom. The van der Waals surface area contributed by atoms with Gasteiger partial charge in [0.15, 0.2) is 0 Å². The highest BCUT2D eigenvalue weighted by atomic mass is 16.5. The minimum atomic E-state index is -0.504. The molecule has 1 atom stereocenters. The van der Waals surface area contributed by atoms with Gasteiger partial charge in [-0.05, 0) is 18.8 Å². The van der Waals surface area contributed by atoms with E-state index in [2.05, 4.69) is 0 Å². The second-order valence-electron chi connectivity index (χ2n) is 7.32. The van der Waals surface area contributed by atoms with E-state index in [1.807, 2.05) is 0 Å². The molecule has 3 rings (SSSR count). The number of hydroxylamine groups is 2. The van der Waals surface area contributed by atoms with E-state index in [9.17, 15) is 19.6 Å². The van der Waals surface area contributed by atoms with Crippen molar-refractivity contribution in [3.05, 3.63) is 11.8 Å². The van der Waals surface area contributed by atoms with E-state index >= 15 is 0 Å². The number of rotatable bonds is 7. The molecule has 0 aromatic carbocycles. The molecule has 3 amide bonds. The molecule has 3 aliphatic rings. The summed E-state index contributed by atoms with van der Waals surface area (Å²) in [5.74, 6) is -0.454. The Bertz CT molecular complexity index is 573. The van der Waals surface area contributed by atoms with Crippen LogP contribution in [0.1, 0.15) is 44.9 Å². The maximum absolute atomic E-state index is 13.1. The largest absolute Gasteiger partial charge is 0.500 e. The monoisotopic (exact) mass is 365 g/mol. The number of carbonyl (C=O) groups excluding carboxylic acids is 3. The third kappa shape index (κ3) is 4.17. The van der Waals surface area contributed by atoms with Crippen LogP contribution in [-0.4, -0.2) is 64.8 Å². The van der Waals surface area contributed by atoms with Crippen molar-refractivity contribution in [2.24, 2.45) is 11.8 Å². The van der Waals surface area contributed by atoms with Crippen LogP contribution in [0.5, 0.6) is 0 Å². The van der Waals surface area contributed by atoms with E-state index in [0.717, 1.165) is 32.1 Å². The van der Waals surface area contributed by atoms with Crippen LogP contribution in [0.4, 0.5) is 0 Å². The van der Waals surface area contributed by atoms with Crippen LogP contribution in [0.15, 0.2) is 11.8 Å². The maximum atomic E-state index is 13.1. The summed E-state index contributed by atoms with van der Waals surface area (Å²) < 4.78 is 5.15. The highest BCUT2D eigenvalue weighted by molar-refractivity contribution is 5.95. The SMILES string of the molecule is O=CN(O)C[C@@H](CC1CCCC1)C(=O)N1CCCN1C(=O)C1=COCC1. The van der Waals surface area contributed by atoms with Gasteiger partial charge in [-0.25, -0.2) is 10.1 Å². The lowest BCUT2D eigenvalue weighted by molar-refractivity contribution is -0.166. The Morgan fingerprint density at radius 3 is 2.65 bits per heavy atom. The maximum Gasteiger partial charge on any atom is 0.271 e. The molecule has 8 heteroatoms. The normalized spacial score (nSPS) is 21.5. The van der Waals surface area contributed by atoms with E-state index in [0.29, 0.717) is 55.5 Å². The fourth-order valence-corrected chi connectivity index (χ4v) is 4.14. The van der Waals surface area contributed by atoms with Gasteiger partial charge in [-0.3, -0.25) is 24.6 Å². The summed E-state index contributed by atoms with van der Waals surface area (Å²) in [5.41, 5.74) is 0.578. The fraction of sp³-hybridized carbons (Fsp3) is 0.722. The molecule has 26 heavy (non-hydrogen) atoms. The molecule has 1 saturated carbocycles. The Morgan fingerprint density at radius 1 is 1.27 bits per heavy atom. The molecule has 0 aromatic heterocycles. The zero-order valence-corrected chi connectivity index (χ0v) is 15.0. The number of hydrogen-bond acceptors (Lipinski definition) is 5. The fourth-order valence-electron chi connectivity index (χ4n) is 4.14. The summed E-state index contributed by atoms with van der Waals surface area (Å²) in [6.45, 7) is 1.43. The summed E-state index contributed by atoms with van der Waals surface area (Å²) >= 11 is 0. The highest BCUT2D eigenvalue weighted by Crippen LogP contribution is 2.32. The van der Waals surface area contributed by atoms with Crippen LogP contribution in [0.2, 0.25) is 0 Å². The molecule has 0 aromatic rings. The summed E-state index contributed by atoms with van der Waals surface area (Å²) in [7, 11) is 0. The average Bonchev–Trinajstić information content (AvgIpc) is 3.41. The van der Waals surface area contributed by atoms with Crippen LogP contribution in [0.25, 0.3) is 0 Å². The number of hydrogen-bond donors (Lipinski definition) is 1. The van der Waals surface area contributed by atoms with E-state index in [4.69, 9.17) is 4.74 Å². The van der Waals surface area contributed by atoms with Crippen molar-refractivity contribution in [3.63, 3.8) is 0 Å². The number of nitrogens with zero attached hydrogens (tertiary/aromatic N) is 3. The van der Waals surface area contributed by atoms with Crippen molar-refractivity contribution in [2.75, 3.05) is 26.2 Å². The van der Waals surface area contributed by atoms with E-state index < -0.39 is 5.92 Å². The molecule has 0 radical (unpaired) electrons. The van der Waals surface area contributed by atoms with Gasteiger partial charge in [-0.1, -0.05) is 25.7 Å². The first kappa shape index (κ1) is 18.7. The van der Waals surface area contributed by atoms with Gasteiger partial charge in [0.25, 0.3) is 5.91 Å². The van der Waals surface area contributed by atoms with Gasteiger partial charge in [-0.15, -0.1) is 0 Å². The van der Waals surface area contributed by atoms with E-state index in [1.54, 1.807) is 0 Å². The molecule has 1 saturated heterocycles. The van der Waals surface area contributed by atoms with Crippen LogP contribution in [0, 0.1) is 11.8 Å². The standard InChI is InChI=1S/C18H27N3O5/c22-13-19(25)11-16(10-14-4-1-2-5-14)18(24)21-8-3-7-20(21)17(23)15-6-9-26-12-15/h12-14,16,25H,1-11H2/t16-/m1/s1.